The molecule has 0 saturated carbocycles. The Morgan fingerprint density at radius 3 is 2.44 bits per heavy atom. The molecule has 7 nitrogen and oxygen atoms in total. The summed E-state index contributed by atoms with van der Waals surface area (Å²) in [6.45, 7) is 12.8. The lowest BCUT2D eigenvalue weighted by Crippen LogP contribution is -2.28. The van der Waals surface area contributed by atoms with E-state index in [1.54, 1.807) is 7.11 Å². The number of hydrogen-bond acceptors (Lipinski definition) is 5. The zero-order chi connectivity index (χ0) is 36.3. The molecule has 3 aliphatic rings. The zero-order valence-electron chi connectivity index (χ0n) is 30.6. The van der Waals surface area contributed by atoms with Crippen molar-refractivity contribution in [3.8, 4) is 5.75 Å². The van der Waals surface area contributed by atoms with Gasteiger partial charge in [0.1, 0.15) is 12.3 Å². The summed E-state index contributed by atoms with van der Waals surface area (Å²) in [5.74, 6) is 0.545. The maximum absolute atomic E-state index is 11.4. The number of rotatable bonds is 14. The number of hydrogen-bond donors (Lipinski definition) is 2. The molecule has 5 rings (SSSR count). The van der Waals surface area contributed by atoms with Crippen LogP contribution >= 0.6 is 11.6 Å². The number of fused-ring (bicyclic) bond motifs is 2. The van der Waals surface area contributed by atoms with Gasteiger partial charge in [-0.2, -0.15) is 13.0 Å². The molecular weight excluding hydrogens is 668 g/mol. The first-order chi connectivity index (χ1) is 23.7. The number of benzene rings is 2. The Morgan fingerprint density at radius 2 is 1.74 bits per heavy atom. The summed E-state index contributed by atoms with van der Waals surface area (Å²) in [7, 11) is -2.33. The summed E-state index contributed by atoms with van der Waals surface area (Å²) >= 11 is 7.21. The fourth-order valence-electron chi connectivity index (χ4n) is 7.73. The van der Waals surface area contributed by atoms with E-state index in [0.29, 0.717) is 19.4 Å². The Kier molecular flexibility index (Phi) is 11.9. The van der Waals surface area contributed by atoms with Crippen LogP contribution in [0.3, 0.4) is 0 Å². The third-order valence-corrected chi connectivity index (χ3v) is 11.9. The van der Waals surface area contributed by atoms with Crippen molar-refractivity contribution in [2.24, 2.45) is 0 Å². The van der Waals surface area contributed by atoms with Crippen LogP contribution in [-0.4, -0.2) is 54.3 Å². The molecule has 9 heteroatoms. The summed E-state index contributed by atoms with van der Waals surface area (Å²) in [6, 6.07) is 12.5. The predicted octanol–water partition coefficient (Wildman–Crippen LogP) is 9.26. The number of halogens is 1. The highest BCUT2D eigenvalue weighted by Crippen LogP contribution is 2.49. The molecule has 2 N–H and O–H groups in total. The molecule has 50 heavy (non-hydrogen) atoms. The van der Waals surface area contributed by atoms with Crippen molar-refractivity contribution in [1.29, 1.82) is 0 Å². The zero-order valence-corrected chi connectivity index (χ0v) is 32.1. The second-order valence-corrected chi connectivity index (χ2v) is 16.8. The Morgan fingerprint density at radius 1 is 0.960 bits per heavy atom. The molecule has 0 amide bonds. The lowest BCUT2D eigenvalue weighted by atomic mass is 9.81. The van der Waals surface area contributed by atoms with Crippen LogP contribution in [0, 0.1) is 0 Å². The maximum Gasteiger partial charge on any atom is 0.264 e. The van der Waals surface area contributed by atoms with Crippen molar-refractivity contribution < 1.29 is 27.4 Å². The van der Waals surface area contributed by atoms with Crippen molar-refractivity contribution in [1.82, 2.24) is 0 Å². The Bertz CT molecular complexity index is 1870. The van der Waals surface area contributed by atoms with E-state index in [-0.39, 0.29) is 23.2 Å². The van der Waals surface area contributed by atoms with Gasteiger partial charge in [0.25, 0.3) is 10.1 Å². The predicted molar refractivity (Wildman–Crippen MR) is 206 cm³/mol. The third kappa shape index (κ3) is 7.99. The van der Waals surface area contributed by atoms with Gasteiger partial charge in [-0.15, -0.1) is 0 Å². The number of ether oxygens (including phenoxy) is 1. The molecule has 0 radical (unpaired) electrons. The fourth-order valence-corrected chi connectivity index (χ4v) is 8.61. The van der Waals surface area contributed by atoms with Gasteiger partial charge in [0.15, 0.2) is 5.71 Å². The molecule has 0 atom stereocenters. The maximum atomic E-state index is 11.4. The van der Waals surface area contributed by atoms with Gasteiger partial charge in [-0.3, -0.25) is 4.55 Å². The number of aliphatic hydroxyl groups is 1. The van der Waals surface area contributed by atoms with Gasteiger partial charge in [-0.05, 0) is 92.5 Å². The van der Waals surface area contributed by atoms with E-state index in [9.17, 15) is 18.1 Å². The summed E-state index contributed by atoms with van der Waals surface area (Å²) in [4.78, 5) is 2.46. The monoisotopic (exact) mass is 721 g/mol. The summed E-state index contributed by atoms with van der Waals surface area (Å²) in [6.07, 6.45) is 16.1. The molecule has 0 fully saturated rings. The smallest absolute Gasteiger partial charge is 0.264 e. The van der Waals surface area contributed by atoms with E-state index in [1.807, 2.05) is 12.1 Å². The summed E-state index contributed by atoms with van der Waals surface area (Å²) in [5.41, 5.74) is 9.68. The number of methoxy groups -OCH3 is 1. The third-order valence-electron chi connectivity index (χ3n) is 10.6. The van der Waals surface area contributed by atoms with E-state index in [2.05, 4.69) is 92.7 Å². The number of unbranched alkanes of at least 4 members (excludes halogenated alkanes) is 3. The van der Waals surface area contributed by atoms with Crippen LogP contribution in [0.4, 0.5) is 11.4 Å². The Balaban J connectivity index is 1.48. The van der Waals surface area contributed by atoms with Crippen LogP contribution in [-0.2, 0) is 27.6 Å². The molecule has 0 aromatic heterocycles. The van der Waals surface area contributed by atoms with E-state index in [4.69, 9.17) is 16.3 Å². The molecule has 0 bridgehead atoms. The minimum absolute atomic E-state index is 0.0292. The first-order valence-corrected chi connectivity index (χ1v) is 20.0. The molecule has 2 aromatic rings. The van der Waals surface area contributed by atoms with Gasteiger partial charge in [0, 0.05) is 52.5 Å². The lowest BCUT2D eigenvalue weighted by Gasteiger charge is -2.27. The molecule has 2 aliphatic heterocycles. The molecule has 2 aromatic carbocycles. The second-order valence-electron chi connectivity index (χ2n) is 14.8. The van der Waals surface area contributed by atoms with E-state index >= 15 is 0 Å². The number of aliphatic hydroxyl groups excluding tert-OH is 1. The molecular formula is C41H54ClN2O5S+. The first-order valence-electron chi connectivity index (χ1n) is 18.0. The molecule has 0 saturated heterocycles. The Labute approximate surface area is 304 Å². The minimum Gasteiger partial charge on any atom is -0.497 e. The van der Waals surface area contributed by atoms with Gasteiger partial charge in [-0.1, -0.05) is 69.5 Å². The van der Waals surface area contributed by atoms with Crippen molar-refractivity contribution >= 4 is 38.8 Å². The molecule has 270 valence electrons. The highest BCUT2D eigenvalue weighted by atomic mass is 35.5. The van der Waals surface area contributed by atoms with Crippen LogP contribution in [0.5, 0.6) is 5.75 Å². The van der Waals surface area contributed by atoms with E-state index in [0.717, 1.165) is 83.1 Å². The average molecular weight is 722 g/mol. The molecule has 0 unspecified atom stereocenters. The highest BCUT2D eigenvalue weighted by Gasteiger charge is 2.44. The molecule has 1 aliphatic carbocycles. The number of anilines is 1. The van der Waals surface area contributed by atoms with Crippen LogP contribution in [0.1, 0.15) is 103 Å². The van der Waals surface area contributed by atoms with Gasteiger partial charge in [0.05, 0.1) is 24.9 Å². The van der Waals surface area contributed by atoms with E-state index in [1.165, 1.54) is 23.4 Å². The van der Waals surface area contributed by atoms with Crippen molar-refractivity contribution in [3.05, 3.63) is 99.3 Å². The van der Waals surface area contributed by atoms with Crippen LogP contribution in [0.25, 0.3) is 0 Å². The van der Waals surface area contributed by atoms with Crippen LogP contribution < -0.4 is 9.64 Å². The van der Waals surface area contributed by atoms with Gasteiger partial charge >= 0.3 is 0 Å². The van der Waals surface area contributed by atoms with Crippen LogP contribution in [0.15, 0.2) is 82.6 Å². The molecule has 2 heterocycles. The fraction of sp³-hybridized carbons (Fsp3) is 0.488. The first kappa shape index (κ1) is 38.1. The lowest BCUT2D eigenvalue weighted by molar-refractivity contribution is -0.438. The summed E-state index contributed by atoms with van der Waals surface area (Å²) < 4.78 is 39.8. The largest absolute Gasteiger partial charge is 0.497 e. The Hall–Kier alpha value is -3.17. The second kappa shape index (κ2) is 15.6. The van der Waals surface area contributed by atoms with Gasteiger partial charge < -0.3 is 14.7 Å². The SMILES string of the molecule is CCCCCN1C(=CC=C2CCCC(C=CC3=[N+](CCCCS(=O)(=O)O)c4ccc(OC)cc4C3(C)C)=C2Cl)C(C)(C)c2cc(CO)ccc21. The highest BCUT2D eigenvalue weighted by molar-refractivity contribution is 7.85. The molecule has 0 spiro atoms. The standard InChI is InChI=1S/C41H53ClN2O5S/c1-7-8-9-23-43-35-19-15-29(28-45)26-33(35)40(2,3)37(43)21-16-30-13-12-14-31(39(30)42)17-22-38-41(4,5)34-27-32(49-6)18-20-36(34)44(38)24-10-11-25-50(46,47)48/h15-22,26-27,45H,7-14,23-25,28H2,1-6H3/p+1. The average Bonchev–Trinajstić information content (AvgIpc) is 3.42. The van der Waals surface area contributed by atoms with Crippen molar-refractivity contribution in [2.75, 3.05) is 30.9 Å². The number of nitrogens with zero attached hydrogens (tertiary/aromatic N) is 2. The van der Waals surface area contributed by atoms with Gasteiger partial charge in [-0.25, -0.2) is 0 Å². The summed E-state index contributed by atoms with van der Waals surface area (Å²) in [5, 5.41) is 10.7. The van der Waals surface area contributed by atoms with Crippen molar-refractivity contribution in [3.63, 3.8) is 0 Å². The van der Waals surface area contributed by atoms with E-state index < -0.39 is 10.1 Å². The topological polar surface area (TPSA) is 90.1 Å². The van der Waals surface area contributed by atoms with Crippen LogP contribution in [0.2, 0.25) is 0 Å². The minimum atomic E-state index is -4.00. The van der Waals surface area contributed by atoms with Gasteiger partial charge in [0.2, 0.25) is 5.69 Å². The normalized spacial score (nSPS) is 20.1. The number of allylic oxidation sites excluding steroid dienone is 8. The quantitative estimate of drug-likeness (QED) is 0.115. The van der Waals surface area contributed by atoms with Crippen molar-refractivity contribution in [2.45, 2.75) is 103 Å².